The molecule has 0 spiro atoms. The number of nitrogens with two attached hydrogens (primary N) is 1. The summed E-state index contributed by atoms with van der Waals surface area (Å²) in [5.41, 5.74) is 8.83. The summed E-state index contributed by atoms with van der Waals surface area (Å²) >= 11 is 0. The fourth-order valence-electron chi connectivity index (χ4n) is 1.61. The van der Waals surface area contributed by atoms with E-state index < -0.39 is 0 Å². The van der Waals surface area contributed by atoms with Gasteiger partial charge in [0.05, 0.1) is 0 Å². The first kappa shape index (κ1) is 9.06. The molecule has 74 valence electrons. The fourth-order valence-corrected chi connectivity index (χ4v) is 1.61. The highest BCUT2D eigenvalue weighted by Crippen LogP contribution is 2.20. The zero-order valence-corrected chi connectivity index (χ0v) is 8.29. The van der Waals surface area contributed by atoms with Gasteiger partial charge in [-0.05, 0) is 24.1 Å². The number of likely N-dealkylation sites (tertiary alicyclic amines) is 1. The van der Waals surface area contributed by atoms with E-state index >= 15 is 0 Å². The van der Waals surface area contributed by atoms with E-state index in [1.807, 2.05) is 30.0 Å². The van der Waals surface area contributed by atoms with Crippen LogP contribution in [-0.2, 0) is 11.3 Å². The predicted molar refractivity (Wildman–Crippen MR) is 55.6 cm³/mol. The van der Waals surface area contributed by atoms with Crippen LogP contribution in [0.5, 0.6) is 0 Å². The van der Waals surface area contributed by atoms with Crippen LogP contribution in [0.3, 0.4) is 0 Å². The molecule has 3 nitrogen and oxygen atoms in total. The van der Waals surface area contributed by atoms with Crippen LogP contribution in [0.4, 0.5) is 5.69 Å². The monoisotopic (exact) mass is 190 g/mol. The number of benzene rings is 1. The lowest BCUT2D eigenvalue weighted by Crippen LogP contribution is -2.42. The third-order valence-electron chi connectivity index (χ3n) is 2.80. The Hall–Kier alpha value is -1.51. The zero-order valence-electron chi connectivity index (χ0n) is 8.29. The summed E-state index contributed by atoms with van der Waals surface area (Å²) in [4.78, 5) is 13.0. The Kier molecular flexibility index (Phi) is 2.15. The van der Waals surface area contributed by atoms with Crippen molar-refractivity contribution in [1.29, 1.82) is 0 Å². The number of hydrogen-bond acceptors (Lipinski definition) is 2. The van der Waals surface area contributed by atoms with Crippen molar-refractivity contribution in [3.8, 4) is 0 Å². The molecular formula is C11H14N2O. The minimum Gasteiger partial charge on any atom is -0.399 e. The first-order chi connectivity index (χ1) is 6.68. The molecule has 1 heterocycles. The molecule has 1 saturated heterocycles. The summed E-state index contributed by atoms with van der Waals surface area (Å²) in [6.07, 6.45) is 0.696. The molecule has 14 heavy (non-hydrogen) atoms. The van der Waals surface area contributed by atoms with Crippen molar-refractivity contribution in [1.82, 2.24) is 4.90 Å². The lowest BCUT2D eigenvalue weighted by molar-refractivity contribution is -0.140. The largest absolute Gasteiger partial charge is 0.399 e. The third kappa shape index (κ3) is 1.45. The van der Waals surface area contributed by atoms with Crippen molar-refractivity contribution < 1.29 is 4.79 Å². The van der Waals surface area contributed by atoms with Crippen molar-refractivity contribution in [2.24, 2.45) is 0 Å². The third-order valence-corrected chi connectivity index (χ3v) is 2.80. The van der Waals surface area contributed by atoms with Crippen molar-refractivity contribution in [3.05, 3.63) is 29.3 Å². The van der Waals surface area contributed by atoms with Gasteiger partial charge < -0.3 is 10.6 Å². The molecule has 1 aromatic rings. The van der Waals surface area contributed by atoms with Gasteiger partial charge in [-0.3, -0.25) is 4.79 Å². The second-order valence-electron chi connectivity index (χ2n) is 3.70. The van der Waals surface area contributed by atoms with E-state index in [-0.39, 0.29) is 5.91 Å². The van der Waals surface area contributed by atoms with Gasteiger partial charge in [-0.15, -0.1) is 0 Å². The van der Waals surface area contributed by atoms with E-state index in [1.54, 1.807) is 0 Å². The Balaban J connectivity index is 2.16. The van der Waals surface area contributed by atoms with E-state index in [9.17, 15) is 4.79 Å². The maximum absolute atomic E-state index is 11.1. The molecule has 0 atom stereocenters. The minimum absolute atomic E-state index is 0.242. The average molecular weight is 190 g/mol. The van der Waals surface area contributed by atoms with Gasteiger partial charge in [0.2, 0.25) is 5.91 Å². The van der Waals surface area contributed by atoms with Crippen LogP contribution in [-0.4, -0.2) is 17.4 Å². The quantitative estimate of drug-likeness (QED) is 0.564. The Morgan fingerprint density at radius 3 is 2.86 bits per heavy atom. The van der Waals surface area contributed by atoms with Gasteiger partial charge in [-0.1, -0.05) is 12.1 Å². The maximum Gasteiger partial charge on any atom is 0.224 e. The standard InChI is InChI=1S/C11H14N2O/c1-8-9(3-2-4-10(8)12)7-13-6-5-11(13)14/h2-4H,5-7,12H2,1H3. The molecular weight excluding hydrogens is 176 g/mol. The van der Waals surface area contributed by atoms with E-state index in [4.69, 9.17) is 5.73 Å². The van der Waals surface area contributed by atoms with Crippen molar-refractivity contribution >= 4 is 11.6 Å². The van der Waals surface area contributed by atoms with Crippen molar-refractivity contribution in [2.75, 3.05) is 12.3 Å². The first-order valence-electron chi connectivity index (χ1n) is 4.80. The van der Waals surface area contributed by atoms with Gasteiger partial charge >= 0.3 is 0 Å². The molecule has 1 fully saturated rings. The molecule has 2 N–H and O–H groups in total. The van der Waals surface area contributed by atoms with Crippen molar-refractivity contribution in [2.45, 2.75) is 19.9 Å². The smallest absolute Gasteiger partial charge is 0.224 e. The van der Waals surface area contributed by atoms with Gasteiger partial charge in [0.25, 0.3) is 0 Å². The maximum atomic E-state index is 11.1. The van der Waals surface area contributed by atoms with Crippen LogP contribution < -0.4 is 5.73 Å². The molecule has 1 aliphatic rings. The number of hydrogen-bond donors (Lipinski definition) is 1. The van der Waals surface area contributed by atoms with Gasteiger partial charge in [-0.2, -0.15) is 0 Å². The Morgan fingerprint density at radius 1 is 1.50 bits per heavy atom. The molecule has 2 rings (SSSR count). The summed E-state index contributed by atoms with van der Waals surface area (Å²) < 4.78 is 0. The molecule has 1 amide bonds. The Morgan fingerprint density at radius 2 is 2.29 bits per heavy atom. The highest BCUT2D eigenvalue weighted by molar-refractivity contribution is 5.81. The molecule has 0 aliphatic carbocycles. The second kappa shape index (κ2) is 3.33. The Labute approximate surface area is 83.5 Å². The lowest BCUT2D eigenvalue weighted by Gasteiger charge is -2.31. The highest BCUT2D eigenvalue weighted by atomic mass is 16.2. The second-order valence-corrected chi connectivity index (χ2v) is 3.70. The Bertz CT molecular complexity index is 374. The minimum atomic E-state index is 0.242. The number of nitrogens with zero attached hydrogens (tertiary/aromatic N) is 1. The molecule has 0 saturated carbocycles. The van der Waals surface area contributed by atoms with Crippen LogP contribution in [0.2, 0.25) is 0 Å². The number of rotatable bonds is 2. The van der Waals surface area contributed by atoms with Gasteiger partial charge in [0.1, 0.15) is 0 Å². The SMILES string of the molecule is Cc1c(N)cccc1CN1CCC1=O. The summed E-state index contributed by atoms with van der Waals surface area (Å²) in [6, 6.07) is 5.84. The summed E-state index contributed by atoms with van der Waals surface area (Å²) in [7, 11) is 0. The van der Waals surface area contributed by atoms with Gasteiger partial charge in [-0.25, -0.2) is 0 Å². The molecule has 3 heteroatoms. The van der Waals surface area contributed by atoms with E-state index in [2.05, 4.69) is 0 Å². The average Bonchev–Trinajstić information content (AvgIpc) is 2.18. The lowest BCUT2D eigenvalue weighted by atomic mass is 10.0. The number of amides is 1. The molecule has 0 unspecified atom stereocenters. The summed E-state index contributed by atoms with van der Waals surface area (Å²) in [5.74, 6) is 0.242. The molecule has 0 radical (unpaired) electrons. The van der Waals surface area contributed by atoms with Crippen molar-refractivity contribution in [3.63, 3.8) is 0 Å². The van der Waals surface area contributed by atoms with Gasteiger partial charge in [0, 0.05) is 25.2 Å². The van der Waals surface area contributed by atoms with E-state index in [1.165, 1.54) is 0 Å². The number of anilines is 1. The zero-order chi connectivity index (χ0) is 10.1. The first-order valence-corrected chi connectivity index (χ1v) is 4.80. The molecule has 1 aliphatic heterocycles. The van der Waals surface area contributed by atoms with Crippen LogP contribution in [0.1, 0.15) is 17.5 Å². The number of carbonyl (C=O) groups excluding carboxylic acids is 1. The van der Waals surface area contributed by atoms with Crippen LogP contribution in [0, 0.1) is 6.92 Å². The molecule has 0 bridgehead atoms. The number of nitrogen functional groups attached to an aromatic ring is 1. The topological polar surface area (TPSA) is 46.3 Å². The normalized spacial score (nSPS) is 15.5. The summed E-state index contributed by atoms with van der Waals surface area (Å²) in [5, 5.41) is 0. The van der Waals surface area contributed by atoms with Crippen LogP contribution >= 0.6 is 0 Å². The van der Waals surface area contributed by atoms with Crippen LogP contribution in [0.15, 0.2) is 18.2 Å². The van der Waals surface area contributed by atoms with Gasteiger partial charge in [0.15, 0.2) is 0 Å². The molecule has 0 aromatic heterocycles. The fraction of sp³-hybridized carbons (Fsp3) is 0.364. The number of carbonyl (C=O) groups is 1. The number of β-lactam (4-membered cyclic amide) rings is 1. The summed E-state index contributed by atoms with van der Waals surface area (Å²) in [6.45, 7) is 3.58. The predicted octanol–water partition coefficient (Wildman–Crippen LogP) is 1.31. The van der Waals surface area contributed by atoms with Crippen LogP contribution in [0.25, 0.3) is 0 Å². The molecule has 1 aromatic carbocycles. The van der Waals surface area contributed by atoms with E-state index in [0.717, 1.165) is 23.4 Å². The highest BCUT2D eigenvalue weighted by Gasteiger charge is 2.23. The van der Waals surface area contributed by atoms with E-state index in [0.29, 0.717) is 13.0 Å².